The summed E-state index contributed by atoms with van der Waals surface area (Å²) in [5.41, 5.74) is 1.03. The van der Waals surface area contributed by atoms with Gasteiger partial charge in [0.25, 0.3) is 0 Å². The van der Waals surface area contributed by atoms with Gasteiger partial charge in [-0.15, -0.1) is 12.4 Å². The van der Waals surface area contributed by atoms with Crippen LogP contribution in [0.4, 0.5) is 0 Å². The zero-order valence-corrected chi connectivity index (χ0v) is 10.2. The average Bonchev–Trinajstić information content (AvgIpc) is 2.86. The van der Waals surface area contributed by atoms with Crippen molar-refractivity contribution >= 4 is 12.4 Å². The Kier molecular flexibility index (Phi) is 3.36. The summed E-state index contributed by atoms with van der Waals surface area (Å²) in [6, 6.07) is 5.32. The monoisotopic (exact) mass is 240 g/mol. The standard InChI is InChI=1S/C12H16N2O.ClH/c1-8-2-3-11(6-13-8)15-7-10-4-9-5-12(9)14-10;/h2-3,6,9-10,12,14H,4-5,7H2,1H3;1H/t9-,10-,12+;/m0./s1. The van der Waals surface area contributed by atoms with E-state index >= 15 is 0 Å². The minimum absolute atomic E-state index is 0. The molecule has 1 N–H and O–H groups in total. The van der Waals surface area contributed by atoms with E-state index in [1.165, 1.54) is 12.8 Å². The Morgan fingerprint density at radius 1 is 1.44 bits per heavy atom. The first-order valence-corrected chi connectivity index (χ1v) is 5.63. The molecule has 2 fully saturated rings. The summed E-state index contributed by atoms with van der Waals surface area (Å²) in [5.74, 6) is 1.82. The van der Waals surface area contributed by atoms with Crippen LogP contribution in [0.5, 0.6) is 5.75 Å². The molecule has 0 amide bonds. The maximum atomic E-state index is 5.69. The van der Waals surface area contributed by atoms with E-state index in [1.807, 2.05) is 19.1 Å². The molecule has 3 rings (SSSR count). The number of hydrogen-bond acceptors (Lipinski definition) is 3. The molecule has 1 saturated heterocycles. The lowest BCUT2D eigenvalue weighted by Gasteiger charge is -2.14. The van der Waals surface area contributed by atoms with Gasteiger partial charge < -0.3 is 10.1 Å². The Bertz CT molecular complexity index is 345. The number of pyridine rings is 1. The van der Waals surface area contributed by atoms with Gasteiger partial charge in [-0.2, -0.15) is 0 Å². The number of piperidine rings is 1. The second-order valence-electron chi connectivity index (χ2n) is 4.65. The van der Waals surface area contributed by atoms with Gasteiger partial charge in [0.15, 0.2) is 0 Å². The molecule has 0 aromatic carbocycles. The SMILES string of the molecule is Cc1ccc(OC[C@@H]2C[C@H]3C[C@H]3N2)cn1.Cl. The molecule has 1 aliphatic heterocycles. The fraction of sp³-hybridized carbons (Fsp3) is 0.583. The van der Waals surface area contributed by atoms with Crippen molar-refractivity contribution in [1.29, 1.82) is 0 Å². The third-order valence-corrected chi connectivity index (χ3v) is 3.30. The van der Waals surface area contributed by atoms with Gasteiger partial charge in [-0.05, 0) is 37.8 Å². The van der Waals surface area contributed by atoms with E-state index < -0.39 is 0 Å². The summed E-state index contributed by atoms with van der Waals surface area (Å²) in [5, 5.41) is 3.56. The van der Waals surface area contributed by atoms with Crippen molar-refractivity contribution in [2.45, 2.75) is 31.8 Å². The summed E-state index contributed by atoms with van der Waals surface area (Å²) in [6.07, 6.45) is 4.46. The zero-order chi connectivity index (χ0) is 10.3. The first-order chi connectivity index (χ1) is 7.31. The minimum atomic E-state index is 0. The quantitative estimate of drug-likeness (QED) is 0.877. The highest BCUT2D eigenvalue weighted by molar-refractivity contribution is 5.85. The molecular weight excluding hydrogens is 224 g/mol. The smallest absolute Gasteiger partial charge is 0.137 e. The molecule has 0 spiro atoms. The topological polar surface area (TPSA) is 34.1 Å². The van der Waals surface area contributed by atoms with Crippen molar-refractivity contribution < 1.29 is 4.74 Å². The van der Waals surface area contributed by atoms with Gasteiger partial charge in [0.05, 0.1) is 6.20 Å². The molecule has 0 radical (unpaired) electrons. The van der Waals surface area contributed by atoms with E-state index in [0.29, 0.717) is 6.04 Å². The fourth-order valence-electron chi connectivity index (χ4n) is 2.30. The van der Waals surface area contributed by atoms with Gasteiger partial charge in [0.2, 0.25) is 0 Å². The van der Waals surface area contributed by atoms with E-state index in [0.717, 1.165) is 30.0 Å². The van der Waals surface area contributed by atoms with Crippen LogP contribution >= 0.6 is 12.4 Å². The number of ether oxygens (including phenoxy) is 1. The highest BCUT2D eigenvalue weighted by Gasteiger charge is 2.45. The molecule has 0 bridgehead atoms. The Hall–Kier alpha value is -0.800. The summed E-state index contributed by atoms with van der Waals surface area (Å²) < 4.78 is 5.69. The number of aromatic nitrogens is 1. The van der Waals surface area contributed by atoms with E-state index in [1.54, 1.807) is 6.20 Å². The van der Waals surface area contributed by atoms with Gasteiger partial charge in [-0.25, -0.2) is 0 Å². The first kappa shape index (κ1) is 11.7. The molecule has 4 heteroatoms. The molecule has 16 heavy (non-hydrogen) atoms. The lowest BCUT2D eigenvalue weighted by molar-refractivity contribution is 0.267. The molecule has 2 aliphatic rings. The Balaban J connectivity index is 0.000000963. The number of nitrogens with one attached hydrogen (secondary N) is 1. The Morgan fingerprint density at radius 3 is 2.94 bits per heavy atom. The third kappa shape index (κ3) is 2.47. The lowest BCUT2D eigenvalue weighted by atomic mass is 10.2. The van der Waals surface area contributed by atoms with E-state index in [9.17, 15) is 0 Å². The van der Waals surface area contributed by atoms with Crippen LogP contribution in [0.1, 0.15) is 18.5 Å². The number of nitrogens with zero attached hydrogens (tertiary/aromatic N) is 1. The number of fused-ring (bicyclic) bond motifs is 1. The van der Waals surface area contributed by atoms with Crippen molar-refractivity contribution in [2.75, 3.05) is 6.61 Å². The van der Waals surface area contributed by atoms with Crippen molar-refractivity contribution in [2.24, 2.45) is 5.92 Å². The van der Waals surface area contributed by atoms with E-state index in [2.05, 4.69) is 10.3 Å². The molecular formula is C12H17ClN2O. The van der Waals surface area contributed by atoms with Crippen molar-refractivity contribution in [1.82, 2.24) is 10.3 Å². The van der Waals surface area contributed by atoms with E-state index in [4.69, 9.17) is 4.74 Å². The van der Waals surface area contributed by atoms with Crippen LogP contribution in [0.15, 0.2) is 18.3 Å². The second kappa shape index (κ2) is 4.60. The molecule has 1 saturated carbocycles. The maximum absolute atomic E-state index is 5.69. The molecule has 1 aromatic rings. The molecule has 2 heterocycles. The van der Waals surface area contributed by atoms with Crippen LogP contribution in [0.25, 0.3) is 0 Å². The van der Waals surface area contributed by atoms with Gasteiger partial charge in [0, 0.05) is 17.8 Å². The van der Waals surface area contributed by atoms with Crippen LogP contribution in [-0.2, 0) is 0 Å². The highest BCUT2D eigenvalue weighted by Crippen LogP contribution is 2.40. The largest absolute Gasteiger partial charge is 0.490 e. The second-order valence-corrected chi connectivity index (χ2v) is 4.65. The van der Waals surface area contributed by atoms with Crippen LogP contribution < -0.4 is 10.1 Å². The molecule has 1 aliphatic carbocycles. The predicted octanol–water partition coefficient (Wildman–Crippen LogP) is 1.94. The van der Waals surface area contributed by atoms with Crippen molar-refractivity contribution in [3.8, 4) is 5.75 Å². The van der Waals surface area contributed by atoms with Gasteiger partial charge in [0.1, 0.15) is 12.4 Å². The minimum Gasteiger partial charge on any atom is -0.490 e. The van der Waals surface area contributed by atoms with Gasteiger partial charge in [-0.1, -0.05) is 0 Å². The zero-order valence-electron chi connectivity index (χ0n) is 9.35. The van der Waals surface area contributed by atoms with Crippen molar-refractivity contribution in [3.63, 3.8) is 0 Å². The number of aryl methyl sites for hydroxylation is 1. The van der Waals surface area contributed by atoms with Gasteiger partial charge >= 0.3 is 0 Å². The highest BCUT2D eigenvalue weighted by atomic mass is 35.5. The molecule has 3 nitrogen and oxygen atoms in total. The Morgan fingerprint density at radius 2 is 2.31 bits per heavy atom. The fourth-order valence-corrected chi connectivity index (χ4v) is 2.30. The number of rotatable bonds is 3. The maximum Gasteiger partial charge on any atom is 0.137 e. The van der Waals surface area contributed by atoms with Crippen LogP contribution in [-0.4, -0.2) is 23.7 Å². The normalized spacial score (nSPS) is 30.4. The molecule has 3 atom stereocenters. The summed E-state index contributed by atoms with van der Waals surface area (Å²) in [7, 11) is 0. The summed E-state index contributed by atoms with van der Waals surface area (Å²) in [6.45, 7) is 2.76. The van der Waals surface area contributed by atoms with Crippen LogP contribution in [0, 0.1) is 12.8 Å². The first-order valence-electron chi connectivity index (χ1n) is 5.63. The Labute approximate surface area is 102 Å². The molecule has 88 valence electrons. The van der Waals surface area contributed by atoms with Crippen LogP contribution in [0.2, 0.25) is 0 Å². The predicted molar refractivity (Wildman–Crippen MR) is 65.2 cm³/mol. The average molecular weight is 241 g/mol. The number of halogens is 1. The summed E-state index contributed by atoms with van der Waals surface area (Å²) >= 11 is 0. The third-order valence-electron chi connectivity index (χ3n) is 3.30. The number of hydrogen-bond donors (Lipinski definition) is 1. The lowest BCUT2D eigenvalue weighted by Crippen LogP contribution is -2.31. The van der Waals surface area contributed by atoms with Crippen molar-refractivity contribution in [3.05, 3.63) is 24.0 Å². The van der Waals surface area contributed by atoms with E-state index in [-0.39, 0.29) is 12.4 Å². The molecule has 0 unspecified atom stereocenters. The summed E-state index contributed by atoms with van der Waals surface area (Å²) in [4.78, 5) is 4.20. The van der Waals surface area contributed by atoms with Gasteiger partial charge in [-0.3, -0.25) is 4.98 Å². The molecule has 1 aromatic heterocycles. The van der Waals surface area contributed by atoms with Crippen LogP contribution in [0.3, 0.4) is 0 Å².